The van der Waals surface area contributed by atoms with Crippen LogP contribution in [0.15, 0.2) is 6.20 Å². The van der Waals surface area contributed by atoms with Gasteiger partial charge < -0.3 is 11.1 Å². The van der Waals surface area contributed by atoms with E-state index in [4.69, 9.17) is 5.73 Å². The first-order valence-corrected chi connectivity index (χ1v) is 7.97. The molecule has 5 N–H and O–H groups in total. The molecule has 0 radical (unpaired) electrons. The number of nitrogens with one attached hydrogen (secondary N) is 3. The fourth-order valence-corrected chi connectivity index (χ4v) is 5.22. The van der Waals surface area contributed by atoms with Gasteiger partial charge in [-0.1, -0.05) is 0 Å². The molecule has 1 aromatic rings. The van der Waals surface area contributed by atoms with Crippen LogP contribution >= 0.6 is 0 Å². The van der Waals surface area contributed by atoms with Gasteiger partial charge in [0.2, 0.25) is 0 Å². The normalized spacial score (nSPS) is 36.7. The number of hydrogen-bond acceptors (Lipinski definition) is 3. The maximum Gasteiger partial charge on any atom is 0.320 e. The number of carbonyl (C=O) groups is 1. The van der Waals surface area contributed by atoms with Crippen LogP contribution in [0.25, 0.3) is 0 Å². The molecule has 0 atom stereocenters. The zero-order valence-electron chi connectivity index (χ0n) is 12.2. The standard InChI is InChI=1S/C15H23N5O/c16-7-12-8-17-20-13(12)18-14(21)19-15-4-9-1-10(5-15)3-11(2-9)6-15/h8-11H,1-7,16H2,(H3,17,18,19,20,21). The number of carbonyl (C=O) groups excluding carboxylic acids is 1. The van der Waals surface area contributed by atoms with Gasteiger partial charge in [-0.3, -0.25) is 10.4 Å². The third-order valence-corrected chi connectivity index (χ3v) is 5.59. The number of urea groups is 1. The Morgan fingerprint density at radius 2 is 1.90 bits per heavy atom. The molecular formula is C15H23N5O. The van der Waals surface area contributed by atoms with E-state index in [9.17, 15) is 4.79 Å². The minimum absolute atomic E-state index is 0.0295. The van der Waals surface area contributed by atoms with Crippen LogP contribution in [0, 0.1) is 17.8 Å². The molecule has 2 amide bonds. The summed E-state index contributed by atoms with van der Waals surface area (Å²) in [6.45, 7) is 0.365. The monoisotopic (exact) mass is 289 g/mol. The molecule has 0 aromatic carbocycles. The number of amides is 2. The molecule has 6 nitrogen and oxygen atoms in total. The van der Waals surface area contributed by atoms with Crippen molar-refractivity contribution in [3.63, 3.8) is 0 Å². The van der Waals surface area contributed by atoms with Crippen LogP contribution in [0.2, 0.25) is 0 Å². The fourth-order valence-electron chi connectivity index (χ4n) is 5.22. The third-order valence-electron chi connectivity index (χ3n) is 5.59. The summed E-state index contributed by atoms with van der Waals surface area (Å²) in [7, 11) is 0. The van der Waals surface area contributed by atoms with Gasteiger partial charge in [0.05, 0.1) is 6.20 Å². The Labute approximate surface area is 124 Å². The Bertz CT molecular complexity index is 517. The maximum atomic E-state index is 12.4. The van der Waals surface area contributed by atoms with Crippen molar-refractivity contribution in [2.75, 3.05) is 5.32 Å². The van der Waals surface area contributed by atoms with Gasteiger partial charge in [0, 0.05) is 17.6 Å². The molecule has 0 unspecified atom stereocenters. The van der Waals surface area contributed by atoms with E-state index >= 15 is 0 Å². The van der Waals surface area contributed by atoms with Crippen LogP contribution in [0.5, 0.6) is 0 Å². The summed E-state index contributed by atoms with van der Waals surface area (Å²) in [4.78, 5) is 12.4. The molecule has 0 aliphatic heterocycles. The summed E-state index contributed by atoms with van der Waals surface area (Å²) >= 11 is 0. The number of aromatic nitrogens is 2. The van der Waals surface area contributed by atoms with E-state index in [0.717, 1.165) is 42.6 Å². The highest BCUT2D eigenvalue weighted by atomic mass is 16.2. The minimum atomic E-state index is -0.129. The summed E-state index contributed by atoms with van der Waals surface area (Å²) in [6, 6.07) is -0.129. The molecular weight excluding hydrogens is 266 g/mol. The lowest BCUT2D eigenvalue weighted by Gasteiger charge is -2.56. The van der Waals surface area contributed by atoms with Crippen molar-refractivity contribution in [3.8, 4) is 0 Å². The van der Waals surface area contributed by atoms with Crippen LogP contribution in [-0.4, -0.2) is 21.8 Å². The SMILES string of the molecule is NCc1cn[nH]c1NC(=O)NC12CC3CC(CC(C3)C1)C2. The van der Waals surface area contributed by atoms with Gasteiger partial charge in [-0.05, 0) is 56.3 Å². The van der Waals surface area contributed by atoms with E-state index in [0.29, 0.717) is 12.4 Å². The van der Waals surface area contributed by atoms with Gasteiger partial charge >= 0.3 is 6.03 Å². The summed E-state index contributed by atoms with van der Waals surface area (Å²) in [5.74, 6) is 3.08. The van der Waals surface area contributed by atoms with Crippen LogP contribution in [0.3, 0.4) is 0 Å². The molecule has 4 saturated carbocycles. The summed E-state index contributed by atoms with van der Waals surface area (Å²) in [6.07, 6.45) is 9.24. The van der Waals surface area contributed by atoms with Crippen molar-refractivity contribution in [1.82, 2.24) is 15.5 Å². The van der Waals surface area contributed by atoms with Crippen molar-refractivity contribution in [1.29, 1.82) is 0 Å². The molecule has 114 valence electrons. The average Bonchev–Trinajstić information content (AvgIpc) is 2.83. The Balaban J connectivity index is 1.45. The first kappa shape index (κ1) is 13.1. The lowest BCUT2D eigenvalue weighted by Crippen LogP contribution is -2.60. The topological polar surface area (TPSA) is 95.8 Å². The largest absolute Gasteiger partial charge is 0.332 e. The van der Waals surface area contributed by atoms with Gasteiger partial charge in [0.1, 0.15) is 5.82 Å². The predicted octanol–water partition coefficient (Wildman–Crippen LogP) is 1.96. The van der Waals surface area contributed by atoms with Crippen molar-refractivity contribution in [2.24, 2.45) is 23.5 Å². The molecule has 1 aromatic heterocycles. The summed E-state index contributed by atoms with van der Waals surface area (Å²) in [5, 5.41) is 12.9. The van der Waals surface area contributed by atoms with Gasteiger partial charge in [0.15, 0.2) is 0 Å². The second-order valence-corrected chi connectivity index (χ2v) is 7.25. The lowest BCUT2D eigenvalue weighted by molar-refractivity contribution is -0.0127. The first-order valence-electron chi connectivity index (χ1n) is 7.97. The van der Waals surface area contributed by atoms with E-state index in [1.165, 1.54) is 19.3 Å². The minimum Gasteiger partial charge on any atom is -0.332 e. The number of anilines is 1. The van der Waals surface area contributed by atoms with E-state index in [1.807, 2.05) is 0 Å². The van der Waals surface area contributed by atoms with Gasteiger partial charge in [-0.2, -0.15) is 5.10 Å². The second kappa shape index (κ2) is 4.73. The molecule has 0 saturated heterocycles. The van der Waals surface area contributed by atoms with Gasteiger partial charge in [0.25, 0.3) is 0 Å². The zero-order valence-corrected chi connectivity index (χ0v) is 12.2. The van der Waals surface area contributed by atoms with E-state index < -0.39 is 0 Å². The number of hydrogen-bond donors (Lipinski definition) is 4. The van der Waals surface area contributed by atoms with Crippen molar-refractivity contribution < 1.29 is 4.79 Å². The smallest absolute Gasteiger partial charge is 0.320 e. The number of aromatic amines is 1. The van der Waals surface area contributed by atoms with Crippen LogP contribution in [0.1, 0.15) is 44.1 Å². The Kier molecular flexibility index (Phi) is 2.96. The highest BCUT2D eigenvalue weighted by molar-refractivity contribution is 5.89. The fraction of sp³-hybridized carbons (Fsp3) is 0.733. The van der Waals surface area contributed by atoms with Crippen LogP contribution in [-0.2, 0) is 6.54 Å². The number of nitrogens with zero attached hydrogens (tertiary/aromatic N) is 1. The Morgan fingerprint density at radius 3 is 2.48 bits per heavy atom. The molecule has 6 heteroatoms. The number of nitrogens with two attached hydrogens (primary N) is 1. The molecule has 1 heterocycles. The predicted molar refractivity (Wildman–Crippen MR) is 79.5 cm³/mol. The first-order chi connectivity index (χ1) is 10.2. The van der Waals surface area contributed by atoms with Gasteiger partial charge in [-0.15, -0.1) is 0 Å². The highest BCUT2D eigenvalue weighted by Crippen LogP contribution is 2.55. The lowest BCUT2D eigenvalue weighted by atomic mass is 9.53. The highest BCUT2D eigenvalue weighted by Gasteiger charge is 2.51. The molecule has 4 aliphatic rings. The van der Waals surface area contributed by atoms with Crippen LogP contribution < -0.4 is 16.4 Å². The molecule has 4 bridgehead atoms. The third kappa shape index (κ3) is 2.31. The average molecular weight is 289 g/mol. The molecule has 5 rings (SSSR count). The zero-order chi connectivity index (χ0) is 14.4. The Morgan fingerprint density at radius 1 is 1.29 bits per heavy atom. The summed E-state index contributed by atoms with van der Waals surface area (Å²) < 4.78 is 0. The number of rotatable bonds is 3. The van der Waals surface area contributed by atoms with Gasteiger partial charge in [-0.25, -0.2) is 4.79 Å². The van der Waals surface area contributed by atoms with E-state index in [1.54, 1.807) is 6.20 Å². The maximum absolute atomic E-state index is 12.4. The van der Waals surface area contributed by atoms with E-state index in [2.05, 4.69) is 20.8 Å². The second-order valence-electron chi connectivity index (χ2n) is 7.25. The van der Waals surface area contributed by atoms with Crippen molar-refractivity contribution in [2.45, 2.75) is 50.6 Å². The summed E-state index contributed by atoms with van der Waals surface area (Å²) in [5.41, 5.74) is 6.49. The molecule has 4 fully saturated rings. The van der Waals surface area contributed by atoms with Crippen molar-refractivity contribution >= 4 is 11.8 Å². The Hall–Kier alpha value is -1.56. The van der Waals surface area contributed by atoms with E-state index in [-0.39, 0.29) is 11.6 Å². The van der Waals surface area contributed by atoms with Crippen molar-refractivity contribution in [3.05, 3.63) is 11.8 Å². The molecule has 0 spiro atoms. The number of H-pyrrole nitrogens is 1. The molecule has 4 aliphatic carbocycles. The van der Waals surface area contributed by atoms with Crippen LogP contribution in [0.4, 0.5) is 10.6 Å². The molecule has 21 heavy (non-hydrogen) atoms. The quantitative estimate of drug-likeness (QED) is 0.685.